The number of benzene rings is 1. The summed E-state index contributed by atoms with van der Waals surface area (Å²) in [4.78, 5) is 28.5. The Bertz CT molecular complexity index is 483. The van der Waals surface area contributed by atoms with Gasteiger partial charge in [0.15, 0.2) is 0 Å². The van der Waals surface area contributed by atoms with Crippen LogP contribution in [0.4, 0.5) is 0 Å². The summed E-state index contributed by atoms with van der Waals surface area (Å²) < 4.78 is 0. The second-order valence-corrected chi connectivity index (χ2v) is 4.47. The maximum atomic E-state index is 10.4. The second-order valence-electron chi connectivity index (χ2n) is 4.47. The van der Waals surface area contributed by atoms with E-state index in [0.717, 1.165) is 29.5 Å². The van der Waals surface area contributed by atoms with E-state index in [1.807, 2.05) is 39.0 Å². The maximum Gasteiger partial charge on any atom is 0.235 e. The average molecular weight is 258 g/mol. The van der Waals surface area contributed by atoms with Crippen molar-refractivity contribution in [3.8, 4) is 0 Å². The van der Waals surface area contributed by atoms with Crippen molar-refractivity contribution < 1.29 is 9.59 Å². The molecule has 0 bridgehead atoms. The normalized spacial score (nSPS) is 13.0. The zero-order valence-electron chi connectivity index (χ0n) is 11.5. The van der Waals surface area contributed by atoms with Crippen LogP contribution in [0.5, 0.6) is 0 Å². The summed E-state index contributed by atoms with van der Waals surface area (Å²) in [5.41, 5.74) is 2.98. The topological polar surface area (TPSA) is 58.9 Å². The van der Waals surface area contributed by atoms with Crippen LogP contribution in [0.25, 0.3) is 0 Å². The van der Waals surface area contributed by atoms with Gasteiger partial charge in [-0.25, -0.2) is 9.59 Å². The fraction of sp³-hybridized carbons (Fsp3) is 0.467. The Morgan fingerprint density at radius 2 is 1.37 bits per heavy atom. The molecule has 0 saturated heterocycles. The molecule has 0 aliphatic carbocycles. The Morgan fingerprint density at radius 1 is 0.947 bits per heavy atom. The number of carbonyl (C=O) groups excluding carboxylic acids is 2. The molecular weight excluding hydrogens is 240 g/mol. The van der Waals surface area contributed by atoms with Gasteiger partial charge in [0.05, 0.1) is 12.1 Å². The number of isocyanates is 2. The van der Waals surface area contributed by atoms with Crippen LogP contribution in [0.15, 0.2) is 28.2 Å². The Balaban J connectivity index is 3.25. The minimum atomic E-state index is -0.186. The predicted octanol–water partition coefficient (Wildman–Crippen LogP) is 3.57. The van der Waals surface area contributed by atoms with Gasteiger partial charge in [-0.2, -0.15) is 9.98 Å². The lowest BCUT2D eigenvalue weighted by molar-refractivity contribution is 0.555. The van der Waals surface area contributed by atoms with E-state index in [-0.39, 0.29) is 12.1 Å². The molecule has 1 rings (SSSR count). The van der Waals surface area contributed by atoms with Crippen molar-refractivity contribution in [2.45, 2.75) is 45.7 Å². The highest BCUT2D eigenvalue weighted by Crippen LogP contribution is 2.28. The summed E-state index contributed by atoms with van der Waals surface area (Å²) in [6, 6.07) is 5.57. The number of hydrogen-bond acceptors (Lipinski definition) is 4. The highest BCUT2D eigenvalue weighted by molar-refractivity contribution is 5.40. The molecule has 0 N–H and O–H groups in total. The molecule has 0 amide bonds. The van der Waals surface area contributed by atoms with Crippen LogP contribution in [0.2, 0.25) is 0 Å². The Kier molecular flexibility index (Phi) is 5.87. The summed E-state index contributed by atoms with van der Waals surface area (Å²) in [5.74, 6) is 0. The number of hydrogen-bond donors (Lipinski definition) is 0. The van der Waals surface area contributed by atoms with E-state index in [4.69, 9.17) is 0 Å². The van der Waals surface area contributed by atoms with E-state index >= 15 is 0 Å². The standard InChI is InChI=1S/C15H18N2O2/c1-4-14(16-9-18)12-6-11(3)7-13(8-12)15(5-2)17-10-19/h6-8,14-15H,4-5H2,1-3H3. The van der Waals surface area contributed by atoms with Crippen LogP contribution in [-0.4, -0.2) is 12.2 Å². The first kappa shape index (κ1) is 15.0. The molecule has 4 heteroatoms. The number of aryl methyl sites for hydroxylation is 1. The molecule has 2 unspecified atom stereocenters. The minimum absolute atomic E-state index is 0.186. The third-order valence-electron chi connectivity index (χ3n) is 3.08. The number of nitrogens with zero attached hydrogens (tertiary/aromatic N) is 2. The van der Waals surface area contributed by atoms with Gasteiger partial charge in [0, 0.05) is 0 Å². The van der Waals surface area contributed by atoms with Crippen LogP contribution in [0, 0.1) is 6.92 Å². The zero-order valence-corrected chi connectivity index (χ0v) is 11.5. The van der Waals surface area contributed by atoms with Crippen molar-refractivity contribution in [3.05, 3.63) is 34.9 Å². The van der Waals surface area contributed by atoms with Gasteiger partial charge in [0.25, 0.3) is 0 Å². The second kappa shape index (κ2) is 7.42. The molecule has 19 heavy (non-hydrogen) atoms. The van der Waals surface area contributed by atoms with E-state index in [9.17, 15) is 9.59 Å². The lowest BCUT2D eigenvalue weighted by atomic mass is 9.95. The first-order valence-corrected chi connectivity index (χ1v) is 6.41. The van der Waals surface area contributed by atoms with Gasteiger partial charge in [0.1, 0.15) is 0 Å². The molecular formula is C15H18N2O2. The molecule has 0 aromatic heterocycles. The molecule has 100 valence electrons. The van der Waals surface area contributed by atoms with Gasteiger partial charge in [0.2, 0.25) is 12.2 Å². The zero-order chi connectivity index (χ0) is 14.3. The minimum Gasteiger partial charge on any atom is -0.211 e. The van der Waals surface area contributed by atoms with Crippen molar-refractivity contribution in [1.82, 2.24) is 0 Å². The van der Waals surface area contributed by atoms with E-state index in [0.29, 0.717) is 0 Å². The molecule has 0 aliphatic heterocycles. The van der Waals surface area contributed by atoms with Gasteiger partial charge in [-0.1, -0.05) is 37.6 Å². The largest absolute Gasteiger partial charge is 0.235 e. The van der Waals surface area contributed by atoms with E-state index in [1.165, 1.54) is 0 Å². The fourth-order valence-corrected chi connectivity index (χ4v) is 2.16. The summed E-state index contributed by atoms with van der Waals surface area (Å²) >= 11 is 0. The quantitative estimate of drug-likeness (QED) is 0.578. The molecule has 0 aliphatic rings. The molecule has 0 radical (unpaired) electrons. The van der Waals surface area contributed by atoms with Gasteiger partial charge in [-0.05, 0) is 30.9 Å². The fourth-order valence-electron chi connectivity index (χ4n) is 2.16. The first-order valence-electron chi connectivity index (χ1n) is 6.41. The van der Waals surface area contributed by atoms with E-state index < -0.39 is 0 Å². The lowest BCUT2D eigenvalue weighted by Gasteiger charge is -2.14. The van der Waals surface area contributed by atoms with Gasteiger partial charge in [-0.3, -0.25) is 0 Å². The molecule has 0 spiro atoms. The third kappa shape index (κ3) is 3.99. The van der Waals surface area contributed by atoms with Crippen LogP contribution >= 0.6 is 0 Å². The summed E-state index contributed by atoms with van der Waals surface area (Å²) in [6.45, 7) is 5.91. The Hall–Kier alpha value is -2.02. The molecule has 4 nitrogen and oxygen atoms in total. The summed E-state index contributed by atoms with van der Waals surface area (Å²) in [5, 5.41) is 0. The van der Waals surface area contributed by atoms with Crippen molar-refractivity contribution in [1.29, 1.82) is 0 Å². The number of rotatable bonds is 6. The van der Waals surface area contributed by atoms with Crippen LogP contribution in [0.3, 0.4) is 0 Å². The van der Waals surface area contributed by atoms with Gasteiger partial charge in [-0.15, -0.1) is 0 Å². The Morgan fingerprint density at radius 3 is 1.68 bits per heavy atom. The van der Waals surface area contributed by atoms with Crippen LogP contribution < -0.4 is 0 Å². The highest BCUT2D eigenvalue weighted by atomic mass is 16.1. The van der Waals surface area contributed by atoms with Gasteiger partial charge < -0.3 is 0 Å². The lowest BCUT2D eigenvalue weighted by Crippen LogP contribution is -2.00. The molecule has 1 aromatic carbocycles. The Labute approximate surface area is 113 Å². The van der Waals surface area contributed by atoms with Crippen molar-refractivity contribution in [2.75, 3.05) is 0 Å². The summed E-state index contributed by atoms with van der Waals surface area (Å²) in [7, 11) is 0. The predicted molar refractivity (Wildman–Crippen MR) is 73.5 cm³/mol. The molecule has 1 aromatic rings. The monoisotopic (exact) mass is 258 g/mol. The van der Waals surface area contributed by atoms with E-state index in [1.54, 1.807) is 12.2 Å². The van der Waals surface area contributed by atoms with Gasteiger partial charge >= 0.3 is 0 Å². The SMILES string of the molecule is CCC(N=C=O)c1cc(C)cc(C(CC)N=C=O)c1. The molecule has 0 heterocycles. The molecule has 0 fully saturated rings. The smallest absolute Gasteiger partial charge is 0.211 e. The van der Waals surface area contributed by atoms with Crippen LogP contribution in [-0.2, 0) is 9.59 Å². The summed E-state index contributed by atoms with van der Waals surface area (Å²) in [6.07, 6.45) is 4.68. The van der Waals surface area contributed by atoms with Crippen molar-refractivity contribution in [3.63, 3.8) is 0 Å². The third-order valence-corrected chi connectivity index (χ3v) is 3.08. The first-order chi connectivity index (χ1) is 9.15. The molecule has 2 atom stereocenters. The molecule has 0 saturated carbocycles. The number of aliphatic imine (C=N–C) groups is 2. The van der Waals surface area contributed by atoms with Crippen LogP contribution in [0.1, 0.15) is 55.5 Å². The maximum absolute atomic E-state index is 10.4. The highest BCUT2D eigenvalue weighted by Gasteiger charge is 2.13. The average Bonchev–Trinajstić information content (AvgIpc) is 2.41. The van der Waals surface area contributed by atoms with E-state index in [2.05, 4.69) is 9.98 Å². The van der Waals surface area contributed by atoms with Crippen molar-refractivity contribution >= 4 is 12.2 Å². The van der Waals surface area contributed by atoms with Crippen molar-refractivity contribution in [2.24, 2.45) is 9.98 Å².